The summed E-state index contributed by atoms with van der Waals surface area (Å²) in [4.78, 5) is 25.4. The fraction of sp³-hybridized carbons (Fsp3) is 0.429. The van der Waals surface area contributed by atoms with Gasteiger partial charge in [-0.1, -0.05) is 11.6 Å². The molecule has 0 aromatic heterocycles. The van der Waals surface area contributed by atoms with E-state index < -0.39 is 5.91 Å². The normalized spacial score (nSPS) is 14.8. The zero-order chi connectivity index (χ0) is 15.4. The average molecular weight is 311 g/mol. The molecular formula is C14H19ClN4O2. The third-order valence-corrected chi connectivity index (χ3v) is 3.80. The van der Waals surface area contributed by atoms with Crippen LogP contribution in [-0.4, -0.2) is 36.3 Å². The SMILES string of the molecule is NC(=O)c1cc(N)cc(Cl)c1NCC(=O)N1CCCCC1. The summed E-state index contributed by atoms with van der Waals surface area (Å²) >= 11 is 6.07. The molecule has 0 bridgehead atoms. The van der Waals surface area contributed by atoms with Gasteiger partial charge in [-0.15, -0.1) is 0 Å². The van der Waals surface area contributed by atoms with Crippen LogP contribution in [0.15, 0.2) is 12.1 Å². The Morgan fingerprint density at radius 3 is 2.52 bits per heavy atom. The molecule has 1 heterocycles. The molecule has 0 unspecified atom stereocenters. The summed E-state index contributed by atoms with van der Waals surface area (Å²) in [6.45, 7) is 1.63. The van der Waals surface area contributed by atoms with Crippen LogP contribution in [-0.2, 0) is 4.79 Å². The van der Waals surface area contributed by atoms with Crippen molar-refractivity contribution in [1.29, 1.82) is 0 Å². The largest absolute Gasteiger partial charge is 0.399 e. The van der Waals surface area contributed by atoms with E-state index in [1.165, 1.54) is 12.1 Å². The number of nitrogens with two attached hydrogens (primary N) is 2. The molecule has 0 spiro atoms. The molecule has 6 nitrogen and oxygen atoms in total. The van der Waals surface area contributed by atoms with Gasteiger partial charge in [-0.3, -0.25) is 9.59 Å². The standard InChI is InChI=1S/C14H19ClN4O2/c15-11-7-9(16)6-10(14(17)21)13(11)18-8-12(20)19-4-2-1-3-5-19/h6-7,18H,1-5,8,16H2,(H2,17,21). The Morgan fingerprint density at radius 2 is 1.90 bits per heavy atom. The first kappa shape index (κ1) is 15.4. The Morgan fingerprint density at radius 1 is 1.24 bits per heavy atom. The van der Waals surface area contributed by atoms with Crippen LogP contribution in [0.3, 0.4) is 0 Å². The fourth-order valence-corrected chi connectivity index (χ4v) is 2.72. The molecule has 21 heavy (non-hydrogen) atoms. The number of nitrogen functional groups attached to an aromatic ring is 1. The van der Waals surface area contributed by atoms with Crippen molar-refractivity contribution in [2.45, 2.75) is 19.3 Å². The maximum atomic E-state index is 12.1. The lowest BCUT2D eigenvalue weighted by atomic mass is 10.1. The van der Waals surface area contributed by atoms with Crippen molar-refractivity contribution >= 4 is 34.8 Å². The Kier molecular flexibility index (Phi) is 4.90. The number of primary amides is 1. The van der Waals surface area contributed by atoms with E-state index in [-0.39, 0.29) is 23.0 Å². The summed E-state index contributed by atoms with van der Waals surface area (Å²) in [5, 5.41) is 3.18. The highest BCUT2D eigenvalue weighted by Gasteiger charge is 2.18. The van der Waals surface area contributed by atoms with Gasteiger partial charge in [0.25, 0.3) is 5.91 Å². The molecule has 1 aromatic carbocycles. The van der Waals surface area contributed by atoms with Gasteiger partial charge in [0.2, 0.25) is 5.91 Å². The highest BCUT2D eigenvalue weighted by atomic mass is 35.5. The highest BCUT2D eigenvalue weighted by molar-refractivity contribution is 6.34. The zero-order valence-corrected chi connectivity index (χ0v) is 12.4. The molecule has 1 fully saturated rings. The van der Waals surface area contributed by atoms with Crippen LogP contribution in [0.2, 0.25) is 5.02 Å². The molecule has 5 N–H and O–H groups in total. The topological polar surface area (TPSA) is 101 Å². The number of likely N-dealkylation sites (tertiary alicyclic amines) is 1. The van der Waals surface area contributed by atoms with Crippen LogP contribution in [0.1, 0.15) is 29.6 Å². The van der Waals surface area contributed by atoms with E-state index in [2.05, 4.69) is 5.32 Å². The summed E-state index contributed by atoms with van der Waals surface area (Å²) in [5.41, 5.74) is 11.8. The lowest BCUT2D eigenvalue weighted by Gasteiger charge is -2.27. The number of carbonyl (C=O) groups is 2. The molecule has 0 aliphatic carbocycles. The Hall–Kier alpha value is -1.95. The van der Waals surface area contributed by atoms with Gasteiger partial charge in [0.1, 0.15) is 0 Å². The van der Waals surface area contributed by atoms with Crippen LogP contribution in [0.5, 0.6) is 0 Å². The van der Waals surface area contributed by atoms with Gasteiger partial charge >= 0.3 is 0 Å². The first-order chi connectivity index (χ1) is 9.99. The van der Waals surface area contributed by atoms with Crippen molar-refractivity contribution in [2.24, 2.45) is 5.73 Å². The summed E-state index contributed by atoms with van der Waals surface area (Å²) in [7, 11) is 0. The maximum absolute atomic E-state index is 12.1. The number of halogens is 1. The fourth-order valence-electron chi connectivity index (χ4n) is 2.42. The maximum Gasteiger partial charge on any atom is 0.250 e. The number of nitrogens with one attached hydrogen (secondary N) is 1. The first-order valence-electron chi connectivity index (χ1n) is 6.89. The highest BCUT2D eigenvalue weighted by Crippen LogP contribution is 2.29. The second kappa shape index (κ2) is 6.67. The average Bonchev–Trinajstić information content (AvgIpc) is 2.46. The molecule has 7 heteroatoms. The van der Waals surface area contributed by atoms with Crippen molar-refractivity contribution in [3.63, 3.8) is 0 Å². The molecule has 0 saturated carbocycles. The number of nitrogens with zero attached hydrogens (tertiary/aromatic N) is 1. The Bertz CT molecular complexity index is 556. The van der Waals surface area contributed by atoms with Crippen molar-refractivity contribution < 1.29 is 9.59 Å². The number of hydrogen-bond acceptors (Lipinski definition) is 4. The number of rotatable bonds is 4. The Labute approximate surface area is 128 Å². The monoisotopic (exact) mass is 310 g/mol. The van der Waals surface area contributed by atoms with Crippen LogP contribution in [0.4, 0.5) is 11.4 Å². The van der Waals surface area contributed by atoms with Gasteiger partial charge in [0.15, 0.2) is 0 Å². The van der Waals surface area contributed by atoms with Crippen LogP contribution < -0.4 is 16.8 Å². The molecule has 1 aromatic rings. The van der Waals surface area contributed by atoms with E-state index >= 15 is 0 Å². The molecule has 0 radical (unpaired) electrons. The van der Waals surface area contributed by atoms with Crippen LogP contribution in [0, 0.1) is 0 Å². The minimum atomic E-state index is -0.642. The molecule has 114 valence electrons. The first-order valence-corrected chi connectivity index (χ1v) is 7.27. The lowest BCUT2D eigenvalue weighted by molar-refractivity contribution is -0.130. The molecule has 0 atom stereocenters. The quantitative estimate of drug-likeness (QED) is 0.732. The van der Waals surface area contributed by atoms with E-state index in [0.717, 1.165) is 32.4 Å². The molecule has 1 saturated heterocycles. The molecule has 1 aliphatic rings. The van der Waals surface area contributed by atoms with E-state index in [4.69, 9.17) is 23.1 Å². The van der Waals surface area contributed by atoms with Crippen LogP contribution in [0.25, 0.3) is 0 Å². The van der Waals surface area contributed by atoms with E-state index in [1.54, 1.807) is 0 Å². The van der Waals surface area contributed by atoms with Gasteiger partial charge in [0.05, 0.1) is 22.8 Å². The second-order valence-corrected chi connectivity index (χ2v) is 5.49. The molecule has 1 aliphatic heterocycles. The van der Waals surface area contributed by atoms with Gasteiger partial charge in [-0.25, -0.2) is 0 Å². The smallest absolute Gasteiger partial charge is 0.250 e. The minimum Gasteiger partial charge on any atom is -0.399 e. The summed E-state index contributed by atoms with van der Waals surface area (Å²) in [6.07, 6.45) is 3.22. The summed E-state index contributed by atoms with van der Waals surface area (Å²) in [6, 6.07) is 2.96. The zero-order valence-electron chi connectivity index (χ0n) is 11.7. The number of hydrogen-bond donors (Lipinski definition) is 3. The summed E-state index contributed by atoms with van der Waals surface area (Å²) < 4.78 is 0. The van der Waals surface area contributed by atoms with Crippen molar-refractivity contribution in [1.82, 2.24) is 4.90 Å². The molecule has 2 amide bonds. The number of anilines is 2. The van der Waals surface area contributed by atoms with Crippen molar-refractivity contribution in [3.8, 4) is 0 Å². The van der Waals surface area contributed by atoms with Gasteiger partial charge < -0.3 is 21.7 Å². The predicted molar refractivity (Wildman–Crippen MR) is 83.3 cm³/mol. The van der Waals surface area contributed by atoms with E-state index in [1.807, 2.05) is 4.90 Å². The number of piperidine rings is 1. The molecule has 2 rings (SSSR count). The Balaban J connectivity index is 2.08. The summed E-state index contributed by atoms with van der Waals surface area (Å²) in [5.74, 6) is -0.657. The second-order valence-electron chi connectivity index (χ2n) is 5.08. The van der Waals surface area contributed by atoms with Crippen molar-refractivity contribution in [2.75, 3.05) is 30.7 Å². The molecular weight excluding hydrogens is 292 g/mol. The third kappa shape index (κ3) is 3.78. The lowest BCUT2D eigenvalue weighted by Crippen LogP contribution is -2.39. The van der Waals surface area contributed by atoms with Crippen molar-refractivity contribution in [3.05, 3.63) is 22.7 Å². The predicted octanol–water partition coefficient (Wildman–Crippen LogP) is 1.45. The third-order valence-electron chi connectivity index (χ3n) is 3.50. The van der Waals surface area contributed by atoms with E-state index in [0.29, 0.717) is 11.4 Å². The van der Waals surface area contributed by atoms with E-state index in [9.17, 15) is 9.59 Å². The number of carbonyl (C=O) groups excluding carboxylic acids is 2. The van der Waals surface area contributed by atoms with Crippen LogP contribution >= 0.6 is 11.6 Å². The number of amides is 2. The van der Waals surface area contributed by atoms with Gasteiger partial charge in [-0.2, -0.15) is 0 Å². The van der Waals surface area contributed by atoms with Gasteiger partial charge in [-0.05, 0) is 31.4 Å². The minimum absolute atomic E-state index is 0.0157. The number of benzene rings is 1. The van der Waals surface area contributed by atoms with Gasteiger partial charge in [0, 0.05) is 18.8 Å².